The van der Waals surface area contributed by atoms with Gasteiger partial charge in [-0.1, -0.05) is 26.0 Å². The van der Waals surface area contributed by atoms with Gasteiger partial charge in [-0.3, -0.25) is 9.59 Å². The van der Waals surface area contributed by atoms with Crippen molar-refractivity contribution in [3.05, 3.63) is 29.8 Å². The Bertz CT molecular complexity index is 818. The van der Waals surface area contributed by atoms with E-state index in [1.54, 1.807) is 26.0 Å². The van der Waals surface area contributed by atoms with Gasteiger partial charge >= 0.3 is 5.97 Å². The van der Waals surface area contributed by atoms with E-state index in [9.17, 15) is 22.8 Å². The Balaban J connectivity index is 1.82. The number of hydrogen-bond acceptors (Lipinski definition) is 6. The predicted molar refractivity (Wildman–Crippen MR) is 101 cm³/mol. The molecule has 1 aromatic carbocycles. The fourth-order valence-electron chi connectivity index (χ4n) is 2.77. The van der Waals surface area contributed by atoms with Crippen molar-refractivity contribution in [2.75, 3.05) is 19.7 Å². The summed E-state index contributed by atoms with van der Waals surface area (Å²) in [4.78, 5) is 34.8. The number of amides is 2. The molecule has 2 rings (SSSR count). The van der Waals surface area contributed by atoms with Crippen LogP contribution in [-0.4, -0.2) is 56.2 Å². The van der Waals surface area contributed by atoms with Crippen LogP contribution in [0.15, 0.2) is 29.2 Å². The van der Waals surface area contributed by atoms with Gasteiger partial charge in [0.25, 0.3) is 5.91 Å². The largest absolute Gasteiger partial charge is 0.454 e. The summed E-state index contributed by atoms with van der Waals surface area (Å²) in [7, 11) is -3.52. The van der Waals surface area contributed by atoms with Gasteiger partial charge in [0, 0.05) is 26.1 Å². The fourth-order valence-corrected chi connectivity index (χ4v) is 4.23. The van der Waals surface area contributed by atoms with E-state index in [1.807, 2.05) is 0 Å². The number of benzene rings is 1. The van der Waals surface area contributed by atoms with Gasteiger partial charge in [-0.2, -0.15) is 4.31 Å². The van der Waals surface area contributed by atoms with Crippen LogP contribution in [0.5, 0.6) is 0 Å². The molecule has 2 N–H and O–H groups in total. The SMILES string of the molecule is CCN(CC)S(=O)(=O)c1ccc(CNC(=O)COC(=O)[C@@H]2CCC(=O)N2)cc1. The molecule has 0 saturated carbocycles. The van der Waals surface area contributed by atoms with Gasteiger partial charge in [-0.15, -0.1) is 0 Å². The Kier molecular flexibility index (Phi) is 7.53. The van der Waals surface area contributed by atoms with Crippen LogP contribution >= 0.6 is 0 Å². The van der Waals surface area contributed by atoms with E-state index in [4.69, 9.17) is 4.74 Å². The second-order valence-electron chi connectivity index (χ2n) is 6.28. The standard InChI is InChI=1S/C18H25N3O6S/c1-3-21(4-2)28(25,26)14-7-5-13(6-8-14)11-19-17(23)12-27-18(24)15-9-10-16(22)20-15/h5-8,15H,3-4,9-12H2,1-2H3,(H,19,23)(H,20,22)/t15-/m0/s1. The van der Waals surface area contributed by atoms with Crippen molar-refractivity contribution in [1.82, 2.24) is 14.9 Å². The number of ether oxygens (including phenoxy) is 1. The van der Waals surface area contributed by atoms with E-state index in [0.717, 1.165) is 0 Å². The molecule has 154 valence electrons. The molecule has 1 fully saturated rings. The zero-order chi connectivity index (χ0) is 20.7. The summed E-state index contributed by atoms with van der Waals surface area (Å²) in [5, 5.41) is 5.06. The molecule has 10 heteroatoms. The zero-order valence-electron chi connectivity index (χ0n) is 15.9. The molecule has 0 aliphatic carbocycles. The van der Waals surface area contributed by atoms with Crippen LogP contribution in [0.3, 0.4) is 0 Å². The zero-order valence-corrected chi connectivity index (χ0v) is 16.8. The molecule has 0 bridgehead atoms. The molecule has 0 spiro atoms. The van der Waals surface area contributed by atoms with Crippen molar-refractivity contribution in [1.29, 1.82) is 0 Å². The van der Waals surface area contributed by atoms with Crippen molar-refractivity contribution >= 4 is 27.8 Å². The van der Waals surface area contributed by atoms with E-state index in [-0.39, 0.29) is 23.8 Å². The maximum absolute atomic E-state index is 12.4. The Labute approximate surface area is 164 Å². The van der Waals surface area contributed by atoms with Crippen molar-refractivity contribution in [3.63, 3.8) is 0 Å². The minimum Gasteiger partial charge on any atom is -0.454 e. The molecule has 0 aromatic heterocycles. The van der Waals surface area contributed by atoms with Crippen LogP contribution in [0.4, 0.5) is 0 Å². The first-order chi connectivity index (χ1) is 13.3. The number of carbonyl (C=O) groups excluding carboxylic acids is 3. The molecule has 0 radical (unpaired) electrons. The number of hydrogen-bond donors (Lipinski definition) is 2. The summed E-state index contributed by atoms with van der Waals surface area (Å²) in [5.74, 6) is -1.33. The highest BCUT2D eigenvalue weighted by atomic mass is 32.2. The van der Waals surface area contributed by atoms with E-state index in [1.165, 1.54) is 16.4 Å². The first kappa shape index (κ1) is 21.8. The Hall–Kier alpha value is -2.46. The summed E-state index contributed by atoms with van der Waals surface area (Å²) in [6.45, 7) is 4.05. The predicted octanol–water partition coefficient (Wildman–Crippen LogP) is 0.155. The third-order valence-corrected chi connectivity index (χ3v) is 6.45. The van der Waals surface area contributed by atoms with Crippen LogP contribution in [0.25, 0.3) is 0 Å². The monoisotopic (exact) mass is 411 g/mol. The normalized spacial score (nSPS) is 16.7. The lowest BCUT2D eigenvalue weighted by atomic mass is 10.2. The van der Waals surface area contributed by atoms with Crippen LogP contribution in [0.1, 0.15) is 32.3 Å². The summed E-state index contributed by atoms with van der Waals surface area (Å²) in [6, 6.07) is 5.55. The lowest BCUT2D eigenvalue weighted by molar-refractivity contribution is -0.150. The van der Waals surface area contributed by atoms with E-state index < -0.39 is 34.5 Å². The molecule has 1 aliphatic rings. The average Bonchev–Trinajstić information content (AvgIpc) is 3.12. The average molecular weight is 411 g/mol. The Morgan fingerprint density at radius 1 is 1.21 bits per heavy atom. The maximum Gasteiger partial charge on any atom is 0.329 e. The van der Waals surface area contributed by atoms with Crippen molar-refractivity contribution < 1.29 is 27.5 Å². The van der Waals surface area contributed by atoms with Gasteiger partial charge in [0.2, 0.25) is 15.9 Å². The van der Waals surface area contributed by atoms with Crippen LogP contribution < -0.4 is 10.6 Å². The molecular formula is C18H25N3O6S. The Morgan fingerprint density at radius 3 is 2.39 bits per heavy atom. The van der Waals surface area contributed by atoms with Gasteiger partial charge in [0.1, 0.15) is 6.04 Å². The van der Waals surface area contributed by atoms with Crippen LogP contribution in [0.2, 0.25) is 0 Å². The van der Waals surface area contributed by atoms with Crippen molar-refractivity contribution in [3.8, 4) is 0 Å². The summed E-state index contributed by atoms with van der Waals surface area (Å²) < 4.78 is 31.1. The van der Waals surface area contributed by atoms with E-state index in [0.29, 0.717) is 25.1 Å². The summed E-state index contributed by atoms with van der Waals surface area (Å²) in [5.41, 5.74) is 0.709. The number of esters is 1. The number of nitrogens with one attached hydrogen (secondary N) is 2. The highest BCUT2D eigenvalue weighted by molar-refractivity contribution is 7.89. The molecule has 1 heterocycles. The van der Waals surface area contributed by atoms with E-state index >= 15 is 0 Å². The molecule has 1 aliphatic heterocycles. The first-order valence-corrected chi connectivity index (χ1v) is 10.5. The van der Waals surface area contributed by atoms with Crippen molar-refractivity contribution in [2.45, 2.75) is 44.2 Å². The number of carbonyl (C=O) groups is 3. The number of sulfonamides is 1. The van der Waals surface area contributed by atoms with Gasteiger partial charge in [0.15, 0.2) is 6.61 Å². The molecule has 9 nitrogen and oxygen atoms in total. The van der Waals surface area contributed by atoms with Gasteiger partial charge in [0.05, 0.1) is 4.90 Å². The van der Waals surface area contributed by atoms with Crippen molar-refractivity contribution in [2.24, 2.45) is 0 Å². The third kappa shape index (κ3) is 5.52. The topological polar surface area (TPSA) is 122 Å². The highest BCUT2D eigenvalue weighted by Crippen LogP contribution is 2.16. The van der Waals surface area contributed by atoms with Crippen LogP contribution in [0, 0.1) is 0 Å². The molecule has 1 aromatic rings. The lowest BCUT2D eigenvalue weighted by Gasteiger charge is -2.18. The quantitative estimate of drug-likeness (QED) is 0.558. The Morgan fingerprint density at radius 2 is 1.86 bits per heavy atom. The number of nitrogens with zero attached hydrogens (tertiary/aromatic N) is 1. The molecule has 2 amide bonds. The maximum atomic E-state index is 12.4. The second kappa shape index (κ2) is 9.65. The molecule has 1 saturated heterocycles. The smallest absolute Gasteiger partial charge is 0.329 e. The third-order valence-electron chi connectivity index (χ3n) is 4.38. The number of rotatable bonds is 9. The second-order valence-corrected chi connectivity index (χ2v) is 8.21. The minimum absolute atomic E-state index is 0.169. The summed E-state index contributed by atoms with van der Waals surface area (Å²) in [6.07, 6.45) is 0.633. The molecule has 1 atom stereocenters. The van der Waals surface area contributed by atoms with Gasteiger partial charge in [-0.25, -0.2) is 13.2 Å². The molecule has 0 unspecified atom stereocenters. The molecule has 28 heavy (non-hydrogen) atoms. The summed E-state index contributed by atoms with van der Waals surface area (Å²) >= 11 is 0. The fraction of sp³-hybridized carbons (Fsp3) is 0.500. The lowest BCUT2D eigenvalue weighted by Crippen LogP contribution is -2.37. The molecular weight excluding hydrogens is 386 g/mol. The van der Waals surface area contributed by atoms with E-state index in [2.05, 4.69) is 10.6 Å². The minimum atomic E-state index is -3.52. The first-order valence-electron chi connectivity index (χ1n) is 9.09. The van der Waals surface area contributed by atoms with Crippen LogP contribution in [-0.2, 0) is 35.7 Å². The van der Waals surface area contributed by atoms with Gasteiger partial charge < -0.3 is 15.4 Å². The van der Waals surface area contributed by atoms with Gasteiger partial charge in [-0.05, 0) is 24.1 Å². The highest BCUT2D eigenvalue weighted by Gasteiger charge is 2.28.